The third kappa shape index (κ3) is 4.35. The molecule has 112 valence electrons. The zero-order valence-corrected chi connectivity index (χ0v) is 11.8. The lowest BCUT2D eigenvalue weighted by Crippen LogP contribution is -2.10. The van der Waals surface area contributed by atoms with Crippen LogP contribution in [-0.4, -0.2) is 30.2 Å². The molecule has 2 N–H and O–H groups in total. The lowest BCUT2D eigenvalue weighted by Gasteiger charge is -2.10. The van der Waals surface area contributed by atoms with E-state index in [0.717, 1.165) is 17.8 Å². The Balaban J connectivity index is 2.13. The number of aryl methyl sites for hydroxylation is 1. The Morgan fingerprint density at radius 1 is 1.14 bits per heavy atom. The topological polar surface area (TPSA) is 59.1 Å². The summed E-state index contributed by atoms with van der Waals surface area (Å²) in [6.07, 6.45) is 0. The zero-order chi connectivity index (χ0) is 15.2. The molecule has 5 nitrogen and oxygen atoms in total. The van der Waals surface area contributed by atoms with E-state index in [1.54, 1.807) is 13.2 Å². The van der Waals surface area contributed by atoms with Gasteiger partial charge in [0.2, 0.25) is 5.95 Å². The molecule has 1 heterocycles. The van der Waals surface area contributed by atoms with Crippen molar-refractivity contribution in [3.8, 4) is 0 Å². The number of nitrogens with one attached hydrogen (secondary N) is 2. The number of ether oxygens (including phenoxy) is 1. The van der Waals surface area contributed by atoms with Crippen molar-refractivity contribution in [2.75, 3.05) is 30.9 Å². The van der Waals surface area contributed by atoms with Crippen LogP contribution in [0.25, 0.3) is 0 Å². The van der Waals surface area contributed by atoms with E-state index in [1.165, 1.54) is 6.07 Å². The summed E-state index contributed by atoms with van der Waals surface area (Å²) in [6, 6.07) is 5.30. The molecule has 0 amide bonds. The molecule has 7 heteroatoms. The first kappa shape index (κ1) is 15.1. The Hall–Kier alpha value is -2.28. The van der Waals surface area contributed by atoms with Crippen LogP contribution in [0.5, 0.6) is 0 Å². The Bertz CT molecular complexity index is 622. The van der Waals surface area contributed by atoms with Crippen LogP contribution in [0.3, 0.4) is 0 Å². The fraction of sp³-hybridized carbons (Fsp3) is 0.286. The van der Waals surface area contributed by atoms with Gasteiger partial charge in [0.15, 0.2) is 11.6 Å². The normalized spacial score (nSPS) is 10.5. The van der Waals surface area contributed by atoms with Gasteiger partial charge >= 0.3 is 0 Å². The number of halogens is 2. The number of hydrogen-bond donors (Lipinski definition) is 2. The van der Waals surface area contributed by atoms with Gasteiger partial charge in [-0.25, -0.2) is 13.8 Å². The van der Waals surface area contributed by atoms with E-state index in [1.807, 2.05) is 6.92 Å². The van der Waals surface area contributed by atoms with Crippen molar-refractivity contribution in [1.29, 1.82) is 0 Å². The van der Waals surface area contributed by atoms with Crippen molar-refractivity contribution < 1.29 is 13.5 Å². The molecule has 0 aliphatic rings. The summed E-state index contributed by atoms with van der Waals surface area (Å²) in [5, 5.41) is 5.93. The van der Waals surface area contributed by atoms with E-state index in [4.69, 9.17) is 4.74 Å². The van der Waals surface area contributed by atoms with Crippen LogP contribution in [0.2, 0.25) is 0 Å². The van der Waals surface area contributed by atoms with Crippen LogP contribution in [0, 0.1) is 18.6 Å². The zero-order valence-electron chi connectivity index (χ0n) is 11.8. The molecule has 0 saturated heterocycles. The highest BCUT2D eigenvalue weighted by molar-refractivity contribution is 5.55. The largest absolute Gasteiger partial charge is 0.383 e. The minimum absolute atomic E-state index is 0.306. The highest BCUT2D eigenvalue weighted by atomic mass is 19.2. The predicted molar refractivity (Wildman–Crippen MR) is 76.8 cm³/mol. The standard InChI is InChI=1S/C14H16F2N4O/c1-9-7-13(17-5-6-21-2)20-14(18-9)19-10-3-4-11(15)12(16)8-10/h3-4,7-8H,5-6H2,1-2H3,(H2,17,18,19,20). The monoisotopic (exact) mass is 294 g/mol. The average molecular weight is 294 g/mol. The molecule has 0 spiro atoms. The van der Waals surface area contributed by atoms with E-state index in [0.29, 0.717) is 30.6 Å². The highest BCUT2D eigenvalue weighted by Gasteiger charge is 2.06. The summed E-state index contributed by atoms with van der Waals surface area (Å²) in [4.78, 5) is 8.45. The van der Waals surface area contributed by atoms with E-state index < -0.39 is 11.6 Å². The third-order valence-electron chi connectivity index (χ3n) is 2.64. The van der Waals surface area contributed by atoms with Crippen LogP contribution in [-0.2, 0) is 4.74 Å². The molecule has 1 aromatic carbocycles. The first-order valence-electron chi connectivity index (χ1n) is 6.39. The van der Waals surface area contributed by atoms with Gasteiger partial charge in [-0.2, -0.15) is 4.98 Å². The van der Waals surface area contributed by atoms with E-state index >= 15 is 0 Å². The van der Waals surface area contributed by atoms with Gasteiger partial charge in [-0.15, -0.1) is 0 Å². The smallest absolute Gasteiger partial charge is 0.229 e. The van der Waals surface area contributed by atoms with Crippen LogP contribution in [0.15, 0.2) is 24.3 Å². The van der Waals surface area contributed by atoms with Crippen LogP contribution in [0.4, 0.5) is 26.2 Å². The summed E-state index contributed by atoms with van der Waals surface area (Å²) >= 11 is 0. The molecule has 2 rings (SSSR count). The summed E-state index contributed by atoms with van der Waals surface area (Å²) in [5.74, 6) is -0.885. The predicted octanol–water partition coefficient (Wildman–Crippen LogP) is 2.87. The Morgan fingerprint density at radius 2 is 1.95 bits per heavy atom. The second-order valence-electron chi connectivity index (χ2n) is 4.39. The highest BCUT2D eigenvalue weighted by Crippen LogP contribution is 2.18. The molecule has 0 aliphatic heterocycles. The minimum Gasteiger partial charge on any atom is -0.383 e. The SMILES string of the molecule is COCCNc1cc(C)nc(Nc2ccc(F)c(F)c2)n1. The van der Waals surface area contributed by atoms with Crippen LogP contribution < -0.4 is 10.6 Å². The van der Waals surface area contributed by atoms with Crippen LogP contribution >= 0.6 is 0 Å². The summed E-state index contributed by atoms with van der Waals surface area (Å²) < 4.78 is 31.0. The molecule has 0 unspecified atom stereocenters. The van der Waals surface area contributed by atoms with Gasteiger partial charge < -0.3 is 15.4 Å². The quantitative estimate of drug-likeness (QED) is 0.802. The molecule has 1 aromatic heterocycles. The second-order valence-corrected chi connectivity index (χ2v) is 4.39. The molecule has 0 saturated carbocycles. The lowest BCUT2D eigenvalue weighted by molar-refractivity contribution is 0.210. The minimum atomic E-state index is -0.925. The van der Waals surface area contributed by atoms with Crippen molar-refractivity contribution in [2.24, 2.45) is 0 Å². The summed E-state index contributed by atoms with van der Waals surface area (Å²) in [7, 11) is 1.61. The van der Waals surface area contributed by atoms with E-state index in [9.17, 15) is 8.78 Å². The molecule has 0 radical (unpaired) electrons. The lowest BCUT2D eigenvalue weighted by atomic mass is 10.3. The molecule has 0 atom stereocenters. The van der Waals surface area contributed by atoms with Crippen molar-refractivity contribution >= 4 is 17.5 Å². The van der Waals surface area contributed by atoms with E-state index in [2.05, 4.69) is 20.6 Å². The fourth-order valence-corrected chi connectivity index (χ4v) is 1.70. The molecule has 0 bridgehead atoms. The van der Waals surface area contributed by atoms with Gasteiger partial charge in [-0.05, 0) is 19.1 Å². The van der Waals surface area contributed by atoms with Crippen LogP contribution in [0.1, 0.15) is 5.69 Å². The number of benzene rings is 1. The van der Waals surface area contributed by atoms with Gasteiger partial charge in [-0.3, -0.25) is 0 Å². The Labute approximate surface area is 121 Å². The summed E-state index contributed by atoms with van der Waals surface area (Å²) in [5.41, 5.74) is 1.12. The van der Waals surface area contributed by atoms with Gasteiger partial charge in [0.05, 0.1) is 6.61 Å². The van der Waals surface area contributed by atoms with Crippen molar-refractivity contribution in [3.05, 3.63) is 41.6 Å². The second kappa shape index (κ2) is 6.94. The first-order valence-corrected chi connectivity index (χ1v) is 6.39. The fourth-order valence-electron chi connectivity index (χ4n) is 1.70. The number of methoxy groups -OCH3 is 1. The Morgan fingerprint density at radius 3 is 2.67 bits per heavy atom. The molecule has 2 aromatic rings. The van der Waals surface area contributed by atoms with Gasteiger partial charge in [0.1, 0.15) is 5.82 Å². The number of nitrogens with zero attached hydrogens (tertiary/aromatic N) is 2. The van der Waals surface area contributed by atoms with E-state index in [-0.39, 0.29) is 0 Å². The number of rotatable bonds is 6. The van der Waals surface area contributed by atoms with Crippen molar-refractivity contribution in [3.63, 3.8) is 0 Å². The van der Waals surface area contributed by atoms with Gasteiger partial charge in [0.25, 0.3) is 0 Å². The first-order chi connectivity index (χ1) is 10.1. The van der Waals surface area contributed by atoms with Crippen molar-refractivity contribution in [2.45, 2.75) is 6.92 Å². The average Bonchev–Trinajstić information content (AvgIpc) is 2.43. The number of hydrogen-bond acceptors (Lipinski definition) is 5. The third-order valence-corrected chi connectivity index (χ3v) is 2.64. The molecule has 0 fully saturated rings. The number of anilines is 3. The maximum atomic E-state index is 13.2. The molecular weight excluding hydrogens is 278 g/mol. The molecule has 21 heavy (non-hydrogen) atoms. The van der Waals surface area contributed by atoms with Gasteiger partial charge in [-0.1, -0.05) is 0 Å². The molecular formula is C14H16F2N4O. The maximum Gasteiger partial charge on any atom is 0.229 e. The van der Waals surface area contributed by atoms with Gasteiger partial charge in [0, 0.05) is 37.2 Å². The van der Waals surface area contributed by atoms with Crippen molar-refractivity contribution in [1.82, 2.24) is 9.97 Å². The maximum absolute atomic E-state index is 13.2. The molecule has 0 aliphatic carbocycles. The number of aromatic nitrogens is 2. The Kier molecular flexibility index (Phi) is 4.99. The summed E-state index contributed by atoms with van der Waals surface area (Å²) in [6.45, 7) is 2.98.